The zero-order valence-electron chi connectivity index (χ0n) is 10.3. The molecule has 1 heterocycles. The average Bonchev–Trinajstić information content (AvgIpc) is 2.46. The van der Waals surface area contributed by atoms with Crippen molar-refractivity contribution in [3.63, 3.8) is 0 Å². The Balaban J connectivity index is 1.53. The smallest absolute Gasteiger partial charge is 0.159 e. The van der Waals surface area contributed by atoms with Gasteiger partial charge in [0.1, 0.15) is 0 Å². The monoisotopic (exact) mass is 278 g/mol. The Morgan fingerprint density at radius 2 is 2.00 bits per heavy atom. The number of thioether (sulfide) groups is 1. The lowest BCUT2D eigenvalue weighted by Gasteiger charge is -2.24. The van der Waals surface area contributed by atoms with Crippen LogP contribution in [0.5, 0.6) is 0 Å². The normalized spacial score (nSPS) is 23.9. The van der Waals surface area contributed by atoms with Crippen molar-refractivity contribution in [2.45, 2.75) is 47.7 Å². The average molecular weight is 278 g/mol. The highest BCUT2D eigenvalue weighted by Gasteiger charge is 2.19. The summed E-state index contributed by atoms with van der Waals surface area (Å²) in [6.45, 7) is 0. The van der Waals surface area contributed by atoms with Crippen LogP contribution in [-0.2, 0) is 0 Å². The van der Waals surface area contributed by atoms with E-state index in [0.717, 1.165) is 0 Å². The third kappa shape index (κ3) is 3.11. The molecule has 1 aromatic rings. The molecule has 1 fully saturated rings. The Bertz CT molecular complexity index is 428. The van der Waals surface area contributed by atoms with Crippen LogP contribution in [-0.4, -0.2) is 17.0 Å². The second-order valence-corrected chi connectivity index (χ2v) is 7.15. The zero-order chi connectivity index (χ0) is 12.2. The van der Waals surface area contributed by atoms with Gasteiger partial charge in [-0.15, -0.1) is 0 Å². The van der Waals surface area contributed by atoms with E-state index in [-0.39, 0.29) is 4.71 Å². The first-order valence-electron chi connectivity index (χ1n) is 6.62. The van der Waals surface area contributed by atoms with Gasteiger partial charge in [0.2, 0.25) is 0 Å². The molecule has 0 spiro atoms. The van der Waals surface area contributed by atoms with Crippen molar-refractivity contribution >= 4 is 29.9 Å². The van der Waals surface area contributed by atoms with Gasteiger partial charge >= 0.3 is 0 Å². The first-order valence-corrected chi connectivity index (χ1v) is 8.38. The molecule has 2 aliphatic rings. The van der Waals surface area contributed by atoms with Crippen LogP contribution in [0.2, 0.25) is 0 Å². The van der Waals surface area contributed by atoms with Crippen LogP contribution < -0.4 is 4.72 Å². The van der Waals surface area contributed by atoms with Crippen molar-refractivity contribution in [3.05, 3.63) is 29.8 Å². The van der Waals surface area contributed by atoms with Crippen molar-refractivity contribution in [2.75, 3.05) is 0 Å². The van der Waals surface area contributed by atoms with Gasteiger partial charge in [-0.1, -0.05) is 49.2 Å². The van der Waals surface area contributed by atoms with E-state index in [1.807, 2.05) is 18.0 Å². The maximum Gasteiger partial charge on any atom is 0.159 e. The quantitative estimate of drug-likeness (QED) is 0.844. The Labute approximate surface area is 117 Å². The topological polar surface area (TPSA) is 24.4 Å². The summed E-state index contributed by atoms with van der Waals surface area (Å²) in [7, 11) is 0. The van der Waals surface area contributed by atoms with Gasteiger partial charge in [-0.05, 0) is 30.9 Å². The number of nitrogens with zero attached hydrogens (tertiary/aromatic N) is 1. The van der Waals surface area contributed by atoms with E-state index < -0.39 is 0 Å². The molecule has 96 valence electrons. The molecule has 0 saturated heterocycles. The predicted molar refractivity (Wildman–Crippen MR) is 81.3 cm³/mol. The van der Waals surface area contributed by atoms with E-state index in [9.17, 15) is 0 Å². The summed E-state index contributed by atoms with van der Waals surface area (Å²) >= 11 is 3.63. The number of hydrogen-bond donors (Lipinski definition) is 1. The van der Waals surface area contributed by atoms with E-state index in [4.69, 9.17) is 0 Å². The van der Waals surface area contributed by atoms with E-state index in [1.54, 1.807) is 11.9 Å². The SMILES string of the molecule is C1=NC(SNC2CCCCC2)Sc2ccccc21. The molecule has 1 saturated carbocycles. The van der Waals surface area contributed by atoms with Gasteiger partial charge < -0.3 is 0 Å². The first kappa shape index (κ1) is 12.6. The summed E-state index contributed by atoms with van der Waals surface area (Å²) in [6.07, 6.45) is 8.82. The summed E-state index contributed by atoms with van der Waals surface area (Å²) in [4.78, 5) is 5.94. The first-order chi connectivity index (χ1) is 8.92. The van der Waals surface area contributed by atoms with Crippen molar-refractivity contribution in [1.82, 2.24) is 4.72 Å². The number of fused-ring (bicyclic) bond motifs is 1. The van der Waals surface area contributed by atoms with Crippen molar-refractivity contribution < 1.29 is 0 Å². The molecule has 1 aliphatic carbocycles. The van der Waals surface area contributed by atoms with E-state index in [1.165, 1.54) is 42.6 Å². The molecule has 1 atom stereocenters. The van der Waals surface area contributed by atoms with Crippen LogP contribution in [0.4, 0.5) is 0 Å². The molecule has 3 rings (SSSR count). The van der Waals surface area contributed by atoms with Crippen LogP contribution >= 0.6 is 23.7 Å². The molecular formula is C14H18N2S2. The second-order valence-electron chi connectivity index (χ2n) is 4.81. The van der Waals surface area contributed by atoms with Crippen LogP contribution in [0, 0.1) is 0 Å². The van der Waals surface area contributed by atoms with Crippen LogP contribution in [0.1, 0.15) is 37.7 Å². The van der Waals surface area contributed by atoms with Gasteiger partial charge in [0, 0.05) is 22.7 Å². The molecular weight excluding hydrogens is 260 g/mol. The largest absolute Gasteiger partial charge is 0.266 e. The number of benzene rings is 1. The van der Waals surface area contributed by atoms with Gasteiger partial charge in [0.15, 0.2) is 4.71 Å². The summed E-state index contributed by atoms with van der Waals surface area (Å²) in [5, 5.41) is 0. The summed E-state index contributed by atoms with van der Waals surface area (Å²) in [5.74, 6) is 0. The lowest BCUT2D eigenvalue weighted by molar-refractivity contribution is 0.423. The second kappa shape index (κ2) is 6.13. The van der Waals surface area contributed by atoms with Gasteiger partial charge in [-0.3, -0.25) is 9.71 Å². The van der Waals surface area contributed by atoms with Crippen LogP contribution in [0.25, 0.3) is 0 Å². The molecule has 18 heavy (non-hydrogen) atoms. The Kier molecular flexibility index (Phi) is 4.28. The molecule has 1 aliphatic heterocycles. The lowest BCUT2D eigenvalue weighted by atomic mass is 9.96. The molecule has 0 amide bonds. The fourth-order valence-electron chi connectivity index (χ4n) is 2.40. The van der Waals surface area contributed by atoms with Gasteiger partial charge in [0.05, 0.1) is 0 Å². The minimum absolute atomic E-state index is 0.266. The minimum Gasteiger partial charge on any atom is -0.266 e. The fourth-order valence-corrected chi connectivity index (χ4v) is 4.49. The van der Waals surface area contributed by atoms with Gasteiger partial charge in [-0.25, -0.2) is 0 Å². The highest BCUT2D eigenvalue weighted by molar-refractivity contribution is 8.16. The Morgan fingerprint density at radius 3 is 2.89 bits per heavy atom. The third-order valence-corrected chi connectivity index (χ3v) is 5.74. The minimum atomic E-state index is 0.266. The molecule has 0 radical (unpaired) electrons. The summed E-state index contributed by atoms with van der Waals surface area (Å²) in [5.41, 5.74) is 1.25. The molecule has 4 heteroatoms. The summed E-state index contributed by atoms with van der Waals surface area (Å²) in [6, 6.07) is 9.16. The molecule has 2 nitrogen and oxygen atoms in total. The van der Waals surface area contributed by atoms with Crippen LogP contribution in [0.3, 0.4) is 0 Å². The molecule has 0 aromatic heterocycles. The standard InChI is InChI=1S/C14H18N2S2/c1-2-7-12(8-3-1)16-18-14-15-10-11-6-4-5-9-13(11)17-14/h4-6,9-10,12,14,16H,1-3,7-8H2. The summed E-state index contributed by atoms with van der Waals surface area (Å²) < 4.78 is 3.87. The van der Waals surface area contributed by atoms with Gasteiger partial charge in [-0.2, -0.15) is 0 Å². The highest BCUT2D eigenvalue weighted by Crippen LogP contribution is 2.36. The third-order valence-electron chi connectivity index (χ3n) is 3.42. The number of aliphatic imine (C=N–C) groups is 1. The highest BCUT2D eigenvalue weighted by atomic mass is 32.2. The van der Waals surface area contributed by atoms with Crippen LogP contribution in [0.15, 0.2) is 34.2 Å². The number of nitrogens with one attached hydrogen (secondary N) is 1. The Morgan fingerprint density at radius 1 is 1.17 bits per heavy atom. The van der Waals surface area contributed by atoms with E-state index in [2.05, 4.69) is 34.0 Å². The Hall–Kier alpha value is -0.450. The maximum absolute atomic E-state index is 4.59. The maximum atomic E-state index is 4.59. The molecule has 1 unspecified atom stereocenters. The molecule has 1 aromatic carbocycles. The molecule has 1 N–H and O–H groups in total. The zero-order valence-corrected chi connectivity index (χ0v) is 12.0. The number of rotatable bonds is 3. The van der Waals surface area contributed by atoms with Crippen molar-refractivity contribution in [2.24, 2.45) is 4.99 Å². The predicted octanol–water partition coefficient (Wildman–Crippen LogP) is 4.07. The van der Waals surface area contributed by atoms with E-state index >= 15 is 0 Å². The molecule has 0 bridgehead atoms. The number of hydrogen-bond acceptors (Lipinski definition) is 4. The van der Waals surface area contributed by atoms with Crippen molar-refractivity contribution in [3.8, 4) is 0 Å². The fraction of sp³-hybridized carbons (Fsp3) is 0.500. The van der Waals surface area contributed by atoms with Gasteiger partial charge in [0.25, 0.3) is 0 Å². The lowest BCUT2D eigenvalue weighted by Crippen LogP contribution is -2.27. The van der Waals surface area contributed by atoms with Crippen molar-refractivity contribution in [1.29, 1.82) is 0 Å². The van der Waals surface area contributed by atoms with E-state index in [0.29, 0.717) is 6.04 Å².